The minimum atomic E-state index is -0.501. The van der Waals surface area contributed by atoms with Gasteiger partial charge in [-0.25, -0.2) is 14.8 Å². The second kappa shape index (κ2) is 8.77. The molecule has 0 spiro atoms. The molecule has 160 valence electrons. The normalized spacial score (nSPS) is 11.2. The number of pyridine rings is 1. The second-order valence-corrected chi connectivity index (χ2v) is 7.53. The fourth-order valence-corrected chi connectivity index (χ4v) is 3.71. The molecule has 31 heavy (non-hydrogen) atoms. The highest BCUT2D eigenvalue weighted by Gasteiger charge is 2.19. The fraction of sp³-hybridized carbons (Fsp3) is 0.273. The van der Waals surface area contributed by atoms with E-state index in [1.165, 1.54) is 0 Å². The molecule has 0 fully saturated rings. The molecule has 3 aromatic heterocycles. The first-order valence-corrected chi connectivity index (χ1v) is 10.4. The van der Waals surface area contributed by atoms with Gasteiger partial charge in [0.15, 0.2) is 11.2 Å². The Balaban J connectivity index is 1.83. The number of hydrogen-bond acceptors (Lipinski definition) is 5. The van der Waals surface area contributed by atoms with Crippen molar-refractivity contribution >= 4 is 22.8 Å². The lowest BCUT2D eigenvalue weighted by atomic mass is 10.1. The number of nitrogens with one attached hydrogen (secondary N) is 1. The number of methoxy groups -OCH3 is 1. The molecular formula is C22H22ClN5O3. The first kappa shape index (κ1) is 20.9. The first-order chi connectivity index (χ1) is 15.0. The number of H-pyrrole nitrogens is 1. The zero-order chi connectivity index (χ0) is 22.0. The number of aromatic nitrogens is 5. The molecule has 4 aromatic rings. The minimum absolute atomic E-state index is 0.229. The molecule has 0 aliphatic rings. The van der Waals surface area contributed by atoms with Gasteiger partial charge < -0.3 is 9.30 Å². The standard InChI is InChI=1S/C22H22ClN5O3/c1-3-11-27-19(15-6-9-17(23)24-13-15)25-18-20(29)26-22(30)28(21(18)27)12-10-14-4-7-16(31-2)8-5-14/h4-9,13H,3,10-12H2,1-2H3,(H,26,29,30). The van der Waals surface area contributed by atoms with E-state index in [9.17, 15) is 9.59 Å². The van der Waals surface area contributed by atoms with Gasteiger partial charge in [0.05, 0.1) is 7.11 Å². The molecule has 1 aromatic carbocycles. The maximum absolute atomic E-state index is 12.7. The molecule has 0 unspecified atom stereocenters. The maximum Gasteiger partial charge on any atom is 0.330 e. The summed E-state index contributed by atoms with van der Waals surface area (Å²) in [6.45, 7) is 3.02. The van der Waals surface area contributed by atoms with Crippen molar-refractivity contribution in [3.8, 4) is 17.1 Å². The molecule has 1 N–H and O–H groups in total. The van der Waals surface area contributed by atoms with E-state index in [0.29, 0.717) is 36.1 Å². The molecule has 0 saturated heterocycles. The Morgan fingerprint density at radius 3 is 2.48 bits per heavy atom. The van der Waals surface area contributed by atoms with Gasteiger partial charge in [-0.3, -0.25) is 14.3 Å². The van der Waals surface area contributed by atoms with Gasteiger partial charge in [-0.15, -0.1) is 0 Å². The highest BCUT2D eigenvalue weighted by atomic mass is 35.5. The Morgan fingerprint density at radius 2 is 1.84 bits per heavy atom. The topological polar surface area (TPSA) is 94.8 Å². The quantitative estimate of drug-likeness (QED) is 0.446. The van der Waals surface area contributed by atoms with Crippen LogP contribution in [0, 0.1) is 0 Å². The van der Waals surface area contributed by atoms with Crippen LogP contribution in [0.2, 0.25) is 5.15 Å². The smallest absolute Gasteiger partial charge is 0.330 e. The highest BCUT2D eigenvalue weighted by molar-refractivity contribution is 6.29. The highest BCUT2D eigenvalue weighted by Crippen LogP contribution is 2.24. The summed E-state index contributed by atoms with van der Waals surface area (Å²) in [4.78, 5) is 36.4. The number of benzene rings is 1. The van der Waals surface area contributed by atoms with Crippen LogP contribution in [0.5, 0.6) is 5.75 Å². The largest absolute Gasteiger partial charge is 0.497 e. The summed E-state index contributed by atoms with van der Waals surface area (Å²) >= 11 is 5.92. The molecule has 0 bridgehead atoms. The number of imidazole rings is 1. The summed E-state index contributed by atoms with van der Waals surface area (Å²) in [6, 6.07) is 11.2. The van der Waals surface area contributed by atoms with E-state index in [1.807, 2.05) is 35.8 Å². The van der Waals surface area contributed by atoms with E-state index in [-0.39, 0.29) is 5.52 Å². The van der Waals surface area contributed by atoms with Crippen LogP contribution in [0.4, 0.5) is 0 Å². The third-order valence-electron chi connectivity index (χ3n) is 5.09. The average molecular weight is 440 g/mol. The van der Waals surface area contributed by atoms with Crippen LogP contribution in [0.3, 0.4) is 0 Å². The van der Waals surface area contributed by atoms with E-state index >= 15 is 0 Å². The van der Waals surface area contributed by atoms with Gasteiger partial charge in [0, 0.05) is 24.8 Å². The predicted molar refractivity (Wildman–Crippen MR) is 120 cm³/mol. The predicted octanol–water partition coefficient (Wildman–Crippen LogP) is 3.26. The van der Waals surface area contributed by atoms with Gasteiger partial charge in [-0.1, -0.05) is 30.7 Å². The van der Waals surface area contributed by atoms with Crippen LogP contribution < -0.4 is 16.0 Å². The Hall–Kier alpha value is -3.39. The monoisotopic (exact) mass is 439 g/mol. The summed E-state index contributed by atoms with van der Waals surface area (Å²) in [5, 5.41) is 0.371. The second-order valence-electron chi connectivity index (χ2n) is 7.14. The van der Waals surface area contributed by atoms with E-state index in [1.54, 1.807) is 30.0 Å². The maximum atomic E-state index is 12.7. The number of fused-ring (bicyclic) bond motifs is 1. The van der Waals surface area contributed by atoms with Crippen molar-refractivity contribution in [2.45, 2.75) is 32.9 Å². The number of halogens is 1. The van der Waals surface area contributed by atoms with Gasteiger partial charge >= 0.3 is 5.69 Å². The van der Waals surface area contributed by atoms with Crippen molar-refractivity contribution in [1.29, 1.82) is 0 Å². The number of rotatable bonds is 7. The summed E-state index contributed by atoms with van der Waals surface area (Å²) in [5.74, 6) is 1.35. The number of nitrogens with zero attached hydrogens (tertiary/aromatic N) is 4. The van der Waals surface area contributed by atoms with Crippen LogP contribution in [0.15, 0.2) is 52.2 Å². The summed E-state index contributed by atoms with van der Waals surface area (Å²) in [6.07, 6.45) is 3.03. The Kier molecular flexibility index (Phi) is 5.90. The third kappa shape index (κ3) is 4.11. The minimum Gasteiger partial charge on any atom is -0.497 e. The molecule has 0 aliphatic carbocycles. The Bertz CT molecular complexity index is 1320. The lowest BCUT2D eigenvalue weighted by Crippen LogP contribution is -2.31. The lowest BCUT2D eigenvalue weighted by molar-refractivity contribution is 0.414. The molecule has 0 atom stereocenters. The average Bonchev–Trinajstić information content (AvgIpc) is 3.14. The van der Waals surface area contributed by atoms with Gasteiger partial charge in [-0.05, 0) is 42.7 Å². The van der Waals surface area contributed by atoms with Gasteiger partial charge in [0.1, 0.15) is 16.7 Å². The molecular weight excluding hydrogens is 418 g/mol. The van der Waals surface area contributed by atoms with Gasteiger partial charge in [0.2, 0.25) is 0 Å². The lowest BCUT2D eigenvalue weighted by Gasteiger charge is -2.12. The summed E-state index contributed by atoms with van der Waals surface area (Å²) < 4.78 is 8.68. The molecule has 0 aliphatic heterocycles. The van der Waals surface area contributed by atoms with Crippen LogP contribution in [-0.4, -0.2) is 31.2 Å². The van der Waals surface area contributed by atoms with Crippen LogP contribution >= 0.6 is 11.6 Å². The Morgan fingerprint density at radius 1 is 1.06 bits per heavy atom. The van der Waals surface area contributed by atoms with E-state index in [4.69, 9.17) is 16.3 Å². The molecule has 0 amide bonds. The number of hydrogen-bond donors (Lipinski definition) is 1. The van der Waals surface area contributed by atoms with Crippen molar-refractivity contribution in [1.82, 2.24) is 24.1 Å². The van der Waals surface area contributed by atoms with Crippen LogP contribution in [-0.2, 0) is 19.5 Å². The molecule has 8 nitrogen and oxygen atoms in total. The van der Waals surface area contributed by atoms with Gasteiger partial charge in [0.25, 0.3) is 5.56 Å². The number of ether oxygens (including phenoxy) is 1. The van der Waals surface area contributed by atoms with Crippen molar-refractivity contribution in [2.75, 3.05) is 7.11 Å². The third-order valence-corrected chi connectivity index (χ3v) is 5.32. The molecule has 0 saturated carbocycles. The van der Waals surface area contributed by atoms with E-state index in [2.05, 4.69) is 15.0 Å². The van der Waals surface area contributed by atoms with Crippen molar-refractivity contribution in [2.24, 2.45) is 0 Å². The molecule has 9 heteroatoms. The van der Waals surface area contributed by atoms with Crippen LogP contribution in [0.25, 0.3) is 22.6 Å². The zero-order valence-electron chi connectivity index (χ0n) is 17.3. The summed E-state index contributed by atoms with van der Waals surface area (Å²) in [5.41, 5.74) is 1.56. The first-order valence-electron chi connectivity index (χ1n) is 10.00. The zero-order valence-corrected chi connectivity index (χ0v) is 18.0. The number of aromatic amines is 1. The molecule has 3 heterocycles. The molecule has 0 radical (unpaired) electrons. The van der Waals surface area contributed by atoms with E-state index < -0.39 is 11.2 Å². The Labute approximate surface area is 183 Å². The van der Waals surface area contributed by atoms with Crippen molar-refractivity contribution in [3.05, 3.63) is 74.1 Å². The molecule has 4 rings (SSSR count). The van der Waals surface area contributed by atoms with Crippen molar-refractivity contribution < 1.29 is 4.74 Å². The van der Waals surface area contributed by atoms with Crippen LogP contribution in [0.1, 0.15) is 18.9 Å². The number of aryl methyl sites for hydroxylation is 3. The van der Waals surface area contributed by atoms with Crippen molar-refractivity contribution in [3.63, 3.8) is 0 Å². The van der Waals surface area contributed by atoms with Gasteiger partial charge in [-0.2, -0.15) is 0 Å². The fourth-order valence-electron chi connectivity index (χ4n) is 3.59. The SMILES string of the molecule is CCCn1c(-c2ccc(Cl)nc2)nc2c(=O)[nH]c(=O)n(CCc3ccc(OC)cc3)c21. The summed E-state index contributed by atoms with van der Waals surface area (Å²) in [7, 11) is 1.62. The van der Waals surface area contributed by atoms with E-state index in [0.717, 1.165) is 23.3 Å².